The predicted molar refractivity (Wildman–Crippen MR) is 78.3 cm³/mol. The molecule has 0 spiro atoms. The highest BCUT2D eigenvalue weighted by Gasteiger charge is 2.44. The fourth-order valence-corrected chi connectivity index (χ4v) is 3.49. The van der Waals surface area contributed by atoms with Crippen LogP contribution in [0.2, 0.25) is 5.15 Å². The molecular weight excluding hydrogens is 400 g/mol. The van der Waals surface area contributed by atoms with Crippen LogP contribution in [-0.4, -0.2) is 54.8 Å². The van der Waals surface area contributed by atoms with Gasteiger partial charge in [-0.2, -0.15) is 0 Å². The van der Waals surface area contributed by atoms with Crippen LogP contribution in [0.25, 0.3) is 11.0 Å². The van der Waals surface area contributed by atoms with Crippen LogP contribution in [0, 0.1) is 3.57 Å². The highest BCUT2D eigenvalue weighted by Crippen LogP contribution is 2.35. The van der Waals surface area contributed by atoms with Crippen molar-refractivity contribution in [2.45, 2.75) is 24.5 Å². The molecule has 0 amide bonds. The molecule has 1 aliphatic rings. The third kappa shape index (κ3) is 2.11. The Kier molecular flexibility index (Phi) is 3.86. The molecule has 2 aromatic heterocycles. The Labute approximate surface area is 132 Å². The maximum Gasteiger partial charge on any atom is 0.164 e. The van der Waals surface area contributed by atoms with Gasteiger partial charge >= 0.3 is 0 Å². The van der Waals surface area contributed by atoms with E-state index in [9.17, 15) is 10.2 Å². The van der Waals surface area contributed by atoms with Gasteiger partial charge < -0.3 is 24.6 Å². The van der Waals surface area contributed by atoms with Crippen molar-refractivity contribution in [2.24, 2.45) is 0 Å². The second-order valence-electron chi connectivity index (χ2n) is 4.48. The Hall–Kier alpha value is -0.520. The zero-order valence-electron chi connectivity index (χ0n) is 10.0. The normalized spacial score (nSPS) is 30.2. The van der Waals surface area contributed by atoms with Gasteiger partial charge in [-0.05, 0) is 22.6 Å². The van der Waals surface area contributed by atoms with Gasteiger partial charge in [-0.1, -0.05) is 11.6 Å². The van der Waals surface area contributed by atoms with Crippen LogP contribution >= 0.6 is 34.2 Å². The van der Waals surface area contributed by atoms with Gasteiger partial charge in [0.15, 0.2) is 6.23 Å². The molecule has 0 saturated carbocycles. The van der Waals surface area contributed by atoms with Crippen LogP contribution in [0.3, 0.4) is 0 Å². The summed E-state index contributed by atoms with van der Waals surface area (Å²) in [5, 5.41) is 30.0. The van der Waals surface area contributed by atoms with Crippen molar-refractivity contribution in [1.82, 2.24) is 14.5 Å². The van der Waals surface area contributed by atoms with E-state index >= 15 is 0 Å². The average Bonchev–Trinajstić information content (AvgIpc) is 2.90. The quantitative estimate of drug-likeness (QED) is 0.485. The molecule has 108 valence electrons. The smallest absolute Gasteiger partial charge is 0.164 e. The lowest BCUT2D eigenvalue weighted by Gasteiger charge is -2.17. The predicted octanol–water partition coefficient (Wildman–Crippen LogP) is 0.301. The summed E-state index contributed by atoms with van der Waals surface area (Å²) in [6, 6.07) is 0. The topological polar surface area (TPSA) is 101 Å². The average molecular weight is 412 g/mol. The van der Waals surface area contributed by atoms with E-state index in [1.807, 2.05) is 0 Å². The Morgan fingerprint density at radius 3 is 2.75 bits per heavy atom. The zero-order chi connectivity index (χ0) is 14.4. The molecular formula is C11H11ClIN3O4. The third-order valence-electron chi connectivity index (χ3n) is 3.31. The number of rotatable bonds is 2. The van der Waals surface area contributed by atoms with Gasteiger partial charge in [-0.15, -0.1) is 0 Å². The van der Waals surface area contributed by atoms with Crippen LogP contribution in [0.4, 0.5) is 0 Å². The van der Waals surface area contributed by atoms with Crippen LogP contribution in [0.1, 0.15) is 6.23 Å². The first-order valence-electron chi connectivity index (χ1n) is 5.83. The summed E-state index contributed by atoms with van der Waals surface area (Å²) in [6.07, 6.45) is -0.948. The minimum atomic E-state index is -1.16. The molecule has 3 rings (SSSR count). The fourth-order valence-electron chi connectivity index (χ4n) is 2.31. The summed E-state index contributed by atoms with van der Waals surface area (Å²) in [7, 11) is 0. The number of aliphatic hydroxyl groups is 3. The second kappa shape index (κ2) is 5.35. The van der Waals surface area contributed by atoms with Gasteiger partial charge in [0.2, 0.25) is 0 Å². The number of halogens is 2. The molecule has 0 bridgehead atoms. The van der Waals surface area contributed by atoms with E-state index in [-0.39, 0.29) is 6.61 Å². The molecule has 0 aromatic carbocycles. The Balaban J connectivity index is 2.10. The van der Waals surface area contributed by atoms with Crippen molar-refractivity contribution < 1.29 is 20.1 Å². The molecule has 7 nitrogen and oxygen atoms in total. The van der Waals surface area contributed by atoms with E-state index < -0.39 is 24.5 Å². The first kappa shape index (κ1) is 14.4. The summed E-state index contributed by atoms with van der Waals surface area (Å²) < 4.78 is 7.89. The molecule has 0 unspecified atom stereocenters. The molecule has 1 aliphatic heterocycles. The van der Waals surface area contributed by atoms with Gasteiger partial charge in [0.25, 0.3) is 0 Å². The fraction of sp³-hybridized carbons (Fsp3) is 0.455. The lowest BCUT2D eigenvalue weighted by atomic mass is 10.1. The monoisotopic (exact) mass is 411 g/mol. The molecule has 0 aliphatic carbocycles. The van der Waals surface area contributed by atoms with Crippen molar-refractivity contribution in [1.29, 1.82) is 0 Å². The van der Waals surface area contributed by atoms with Crippen molar-refractivity contribution in [2.75, 3.05) is 6.61 Å². The summed E-state index contributed by atoms with van der Waals surface area (Å²) in [5.41, 5.74) is 0.504. The van der Waals surface area contributed by atoms with Crippen LogP contribution in [0.5, 0.6) is 0 Å². The molecule has 3 heterocycles. The zero-order valence-corrected chi connectivity index (χ0v) is 12.9. The maximum absolute atomic E-state index is 10.1. The molecule has 1 fully saturated rings. The molecule has 3 N–H and O–H groups in total. The second-order valence-corrected chi connectivity index (χ2v) is 6.00. The van der Waals surface area contributed by atoms with E-state index in [4.69, 9.17) is 21.4 Å². The molecule has 1 saturated heterocycles. The highest BCUT2D eigenvalue weighted by atomic mass is 127. The lowest BCUT2D eigenvalue weighted by Crippen LogP contribution is -2.33. The number of hydrogen-bond donors (Lipinski definition) is 3. The molecule has 4 atom stereocenters. The van der Waals surface area contributed by atoms with E-state index in [1.165, 1.54) is 6.33 Å². The summed E-state index contributed by atoms with van der Waals surface area (Å²) in [4.78, 5) is 8.06. The number of nitrogens with zero attached hydrogens (tertiary/aromatic N) is 3. The third-order valence-corrected chi connectivity index (χ3v) is 4.41. The minimum Gasteiger partial charge on any atom is -0.394 e. The van der Waals surface area contributed by atoms with Crippen molar-refractivity contribution in [3.05, 3.63) is 21.2 Å². The van der Waals surface area contributed by atoms with Crippen molar-refractivity contribution in [3.8, 4) is 0 Å². The SMILES string of the molecule is OC[C@H]1O[C@@H](n2cc(I)c3c(Cl)ncnc32)[C@H](O)[C@@H]1O. The number of aliphatic hydroxyl groups excluding tert-OH is 3. The van der Waals surface area contributed by atoms with Gasteiger partial charge in [0.05, 0.1) is 12.0 Å². The van der Waals surface area contributed by atoms with Crippen molar-refractivity contribution in [3.63, 3.8) is 0 Å². The van der Waals surface area contributed by atoms with E-state index in [2.05, 4.69) is 32.6 Å². The number of fused-ring (bicyclic) bond motifs is 1. The Bertz CT molecular complexity index is 652. The maximum atomic E-state index is 10.1. The van der Waals surface area contributed by atoms with Gasteiger partial charge in [-0.25, -0.2) is 9.97 Å². The summed E-state index contributed by atoms with van der Waals surface area (Å²) in [6.45, 7) is -0.374. The Morgan fingerprint density at radius 2 is 2.10 bits per heavy atom. The number of hydrogen-bond acceptors (Lipinski definition) is 6. The van der Waals surface area contributed by atoms with Gasteiger partial charge in [0, 0.05) is 9.77 Å². The van der Waals surface area contributed by atoms with Crippen LogP contribution in [-0.2, 0) is 4.74 Å². The number of ether oxygens (including phenoxy) is 1. The van der Waals surface area contributed by atoms with Crippen LogP contribution in [0.15, 0.2) is 12.5 Å². The first-order chi connectivity index (χ1) is 9.54. The number of aromatic nitrogens is 3. The van der Waals surface area contributed by atoms with Crippen LogP contribution < -0.4 is 0 Å². The highest BCUT2D eigenvalue weighted by molar-refractivity contribution is 14.1. The summed E-state index contributed by atoms with van der Waals surface area (Å²) in [5.74, 6) is 0. The first-order valence-corrected chi connectivity index (χ1v) is 7.29. The molecule has 9 heteroatoms. The van der Waals surface area contributed by atoms with Crippen molar-refractivity contribution >= 4 is 45.2 Å². The summed E-state index contributed by atoms with van der Waals surface area (Å²) >= 11 is 8.12. The van der Waals surface area contributed by atoms with E-state index in [0.717, 1.165) is 3.57 Å². The molecule has 20 heavy (non-hydrogen) atoms. The largest absolute Gasteiger partial charge is 0.394 e. The Morgan fingerprint density at radius 1 is 1.35 bits per heavy atom. The van der Waals surface area contributed by atoms with E-state index in [0.29, 0.717) is 16.2 Å². The molecule has 0 radical (unpaired) electrons. The lowest BCUT2D eigenvalue weighted by molar-refractivity contribution is -0.0509. The standard InChI is InChI=1S/C11H11ClIN3O4/c12-9-6-4(13)1-16(10(6)15-3-14-9)11-8(19)7(18)5(2-17)20-11/h1,3,5,7-8,11,17-19H,2H2/t5-,7-,8-,11-/m1/s1. The van der Waals surface area contributed by atoms with Gasteiger partial charge in [0.1, 0.15) is 35.4 Å². The molecule has 2 aromatic rings. The minimum absolute atomic E-state index is 0.310. The van der Waals surface area contributed by atoms with Gasteiger partial charge in [-0.3, -0.25) is 0 Å². The van der Waals surface area contributed by atoms with E-state index in [1.54, 1.807) is 10.8 Å².